The summed E-state index contributed by atoms with van der Waals surface area (Å²) in [6.07, 6.45) is 3.09. The van der Waals surface area contributed by atoms with E-state index in [0.717, 1.165) is 47.0 Å². The predicted molar refractivity (Wildman–Crippen MR) is 139 cm³/mol. The molecule has 5 rings (SSSR count). The van der Waals surface area contributed by atoms with Crippen LogP contribution in [0.25, 0.3) is 0 Å². The van der Waals surface area contributed by atoms with E-state index >= 15 is 0 Å². The van der Waals surface area contributed by atoms with Crippen LogP contribution >= 0.6 is 11.8 Å². The van der Waals surface area contributed by atoms with Gasteiger partial charge in [-0.1, -0.05) is 80.2 Å². The first-order chi connectivity index (χ1) is 16.6. The van der Waals surface area contributed by atoms with Crippen LogP contribution in [0.1, 0.15) is 38.7 Å². The van der Waals surface area contributed by atoms with Gasteiger partial charge in [-0.3, -0.25) is 4.90 Å². The summed E-state index contributed by atoms with van der Waals surface area (Å²) in [6, 6.07) is 26.9. The van der Waals surface area contributed by atoms with Crippen molar-refractivity contribution in [1.82, 2.24) is 5.32 Å². The lowest BCUT2D eigenvalue weighted by molar-refractivity contribution is -0.0467. The van der Waals surface area contributed by atoms with Crippen LogP contribution in [-0.4, -0.2) is 25.3 Å². The molecule has 4 nitrogen and oxygen atoms in total. The van der Waals surface area contributed by atoms with E-state index in [9.17, 15) is 4.79 Å². The lowest BCUT2D eigenvalue weighted by atomic mass is 9.69. The summed E-state index contributed by atoms with van der Waals surface area (Å²) in [5.74, 6) is 0.469. The van der Waals surface area contributed by atoms with Crippen LogP contribution in [0.2, 0.25) is 0 Å². The molecule has 1 saturated heterocycles. The number of urea groups is 1. The molecule has 176 valence electrons. The number of anilines is 2. The van der Waals surface area contributed by atoms with Gasteiger partial charge in [0.15, 0.2) is 0 Å². The molecule has 34 heavy (non-hydrogen) atoms. The third kappa shape index (κ3) is 4.47. The summed E-state index contributed by atoms with van der Waals surface area (Å²) in [4.78, 5) is 17.6. The number of benzene rings is 3. The first kappa shape index (κ1) is 23.0. The van der Waals surface area contributed by atoms with Gasteiger partial charge in [0, 0.05) is 28.4 Å². The SMILES string of the molecule is CC(C)[C@@H]1C[C@](CCNC(=O)N2c3ccccc3Sc3ccccc32)(c2ccccc2)CCO1. The van der Waals surface area contributed by atoms with Crippen molar-refractivity contribution >= 4 is 29.2 Å². The molecule has 0 aromatic heterocycles. The average molecular weight is 473 g/mol. The monoisotopic (exact) mass is 472 g/mol. The van der Waals surface area contributed by atoms with E-state index in [4.69, 9.17) is 4.74 Å². The predicted octanol–water partition coefficient (Wildman–Crippen LogP) is 7.16. The molecule has 1 fully saturated rings. The van der Waals surface area contributed by atoms with Gasteiger partial charge in [0.2, 0.25) is 0 Å². The molecular weight excluding hydrogens is 440 g/mol. The fourth-order valence-electron chi connectivity index (χ4n) is 5.22. The van der Waals surface area contributed by atoms with E-state index in [2.05, 4.69) is 61.6 Å². The first-order valence-corrected chi connectivity index (χ1v) is 13.0. The van der Waals surface area contributed by atoms with E-state index in [-0.39, 0.29) is 17.6 Å². The van der Waals surface area contributed by atoms with E-state index in [1.807, 2.05) is 41.3 Å². The number of ether oxygens (including phenoxy) is 1. The first-order valence-electron chi connectivity index (χ1n) is 12.2. The summed E-state index contributed by atoms with van der Waals surface area (Å²) in [7, 11) is 0. The molecule has 0 saturated carbocycles. The maximum atomic E-state index is 13.6. The standard InChI is InChI=1S/C29H32N2O2S/c1-21(2)25-20-29(17-19-33-25,22-10-4-3-5-11-22)16-18-30-28(32)31-23-12-6-8-14-26(23)34-27-15-9-7-13-24(27)31/h3-15,21,25H,16-20H2,1-2H3,(H,30,32)/t25-,29+/m0/s1. The summed E-state index contributed by atoms with van der Waals surface area (Å²) >= 11 is 1.71. The molecule has 0 radical (unpaired) electrons. The number of para-hydroxylation sites is 2. The second-order valence-corrected chi connectivity index (χ2v) is 10.7. The Kier molecular flexibility index (Phi) is 6.66. The molecule has 0 unspecified atom stereocenters. The molecule has 2 aliphatic rings. The number of hydrogen-bond acceptors (Lipinski definition) is 3. The number of carbonyl (C=O) groups excluding carboxylic acids is 1. The highest BCUT2D eigenvalue weighted by molar-refractivity contribution is 7.99. The lowest BCUT2D eigenvalue weighted by Crippen LogP contribution is -2.44. The van der Waals surface area contributed by atoms with Crippen LogP contribution in [0.3, 0.4) is 0 Å². The molecule has 3 aromatic rings. The molecule has 0 bridgehead atoms. The van der Waals surface area contributed by atoms with Crippen LogP contribution in [0, 0.1) is 5.92 Å². The van der Waals surface area contributed by atoms with Gasteiger partial charge in [0.05, 0.1) is 17.5 Å². The minimum absolute atomic E-state index is 0.00922. The zero-order valence-corrected chi connectivity index (χ0v) is 20.7. The normalized spacial score (nSPS) is 21.6. The van der Waals surface area contributed by atoms with Crippen LogP contribution in [0.15, 0.2) is 88.7 Å². The van der Waals surface area contributed by atoms with Crippen molar-refractivity contribution in [2.45, 2.75) is 54.4 Å². The van der Waals surface area contributed by atoms with Crippen molar-refractivity contribution in [3.8, 4) is 0 Å². The quantitative estimate of drug-likeness (QED) is 0.428. The summed E-state index contributed by atoms with van der Waals surface area (Å²) in [5.41, 5.74) is 3.23. The zero-order valence-electron chi connectivity index (χ0n) is 19.9. The topological polar surface area (TPSA) is 41.6 Å². The van der Waals surface area contributed by atoms with Gasteiger partial charge in [-0.25, -0.2) is 4.79 Å². The molecule has 1 N–H and O–H groups in total. The van der Waals surface area contributed by atoms with Crippen LogP contribution in [-0.2, 0) is 10.2 Å². The smallest absolute Gasteiger partial charge is 0.326 e. The van der Waals surface area contributed by atoms with Crippen molar-refractivity contribution in [2.75, 3.05) is 18.1 Å². The third-order valence-corrected chi connectivity index (χ3v) is 8.28. The molecule has 2 atom stereocenters. The Hall–Kier alpha value is -2.76. The number of hydrogen-bond donors (Lipinski definition) is 1. The van der Waals surface area contributed by atoms with Crippen molar-refractivity contribution in [3.05, 3.63) is 84.4 Å². The Morgan fingerprint density at radius 1 is 1.00 bits per heavy atom. The summed E-state index contributed by atoms with van der Waals surface area (Å²) in [6.45, 7) is 5.84. The van der Waals surface area contributed by atoms with Gasteiger partial charge in [-0.15, -0.1) is 0 Å². The highest BCUT2D eigenvalue weighted by Gasteiger charge is 2.39. The van der Waals surface area contributed by atoms with Gasteiger partial charge >= 0.3 is 6.03 Å². The largest absolute Gasteiger partial charge is 0.378 e. The second kappa shape index (κ2) is 9.85. The second-order valence-electron chi connectivity index (χ2n) is 9.61. The number of rotatable bonds is 5. The maximum absolute atomic E-state index is 13.6. The van der Waals surface area contributed by atoms with E-state index in [0.29, 0.717) is 12.5 Å². The fraction of sp³-hybridized carbons (Fsp3) is 0.345. The van der Waals surface area contributed by atoms with Crippen molar-refractivity contribution in [2.24, 2.45) is 5.92 Å². The van der Waals surface area contributed by atoms with E-state index < -0.39 is 0 Å². The highest BCUT2D eigenvalue weighted by Crippen LogP contribution is 2.48. The zero-order chi connectivity index (χ0) is 23.5. The number of nitrogens with one attached hydrogen (secondary N) is 1. The molecule has 2 heterocycles. The van der Waals surface area contributed by atoms with Crippen LogP contribution in [0.4, 0.5) is 16.2 Å². The summed E-state index contributed by atoms with van der Waals surface area (Å²) < 4.78 is 6.12. The molecule has 5 heteroatoms. The fourth-order valence-corrected chi connectivity index (χ4v) is 6.27. The van der Waals surface area contributed by atoms with E-state index in [1.54, 1.807) is 11.8 Å². The molecule has 2 amide bonds. The van der Waals surface area contributed by atoms with Gasteiger partial charge < -0.3 is 10.1 Å². The Morgan fingerprint density at radius 3 is 2.26 bits per heavy atom. The third-order valence-electron chi connectivity index (χ3n) is 7.15. The van der Waals surface area contributed by atoms with Gasteiger partial charge in [0.25, 0.3) is 0 Å². The van der Waals surface area contributed by atoms with Crippen molar-refractivity contribution in [1.29, 1.82) is 0 Å². The molecular formula is C29H32N2O2S. The van der Waals surface area contributed by atoms with Gasteiger partial charge in [0.1, 0.15) is 0 Å². The van der Waals surface area contributed by atoms with E-state index in [1.165, 1.54) is 5.56 Å². The van der Waals surface area contributed by atoms with Crippen LogP contribution < -0.4 is 10.2 Å². The average Bonchev–Trinajstić information content (AvgIpc) is 2.87. The Bertz CT molecular complexity index is 1100. The maximum Gasteiger partial charge on any atom is 0.326 e. The lowest BCUT2D eigenvalue weighted by Gasteiger charge is -2.43. The molecule has 3 aromatic carbocycles. The Labute approximate surface area is 206 Å². The summed E-state index contributed by atoms with van der Waals surface area (Å²) in [5, 5.41) is 3.26. The van der Waals surface area contributed by atoms with Gasteiger partial charge in [-0.2, -0.15) is 0 Å². The Morgan fingerprint density at radius 2 is 1.62 bits per heavy atom. The molecule has 0 spiro atoms. The molecule has 2 aliphatic heterocycles. The number of fused-ring (bicyclic) bond motifs is 2. The minimum atomic E-state index is -0.0733. The minimum Gasteiger partial charge on any atom is -0.378 e. The van der Waals surface area contributed by atoms with Crippen molar-refractivity contribution < 1.29 is 9.53 Å². The Balaban J connectivity index is 1.36. The van der Waals surface area contributed by atoms with Crippen LogP contribution in [0.5, 0.6) is 0 Å². The number of nitrogens with zero attached hydrogens (tertiary/aromatic N) is 1. The molecule has 0 aliphatic carbocycles. The number of carbonyl (C=O) groups is 1. The van der Waals surface area contributed by atoms with Crippen molar-refractivity contribution in [3.63, 3.8) is 0 Å². The highest BCUT2D eigenvalue weighted by atomic mass is 32.2. The van der Waals surface area contributed by atoms with Gasteiger partial charge in [-0.05, 0) is 55.0 Å². The number of amides is 2.